The van der Waals surface area contributed by atoms with Crippen LogP contribution in [0.25, 0.3) is 0 Å². The summed E-state index contributed by atoms with van der Waals surface area (Å²) in [7, 11) is 0. The van der Waals surface area contributed by atoms with Crippen LogP contribution < -0.4 is 5.32 Å². The second-order valence-electron chi connectivity index (χ2n) is 3.16. The van der Waals surface area contributed by atoms with E-state index in [9.17, 15) is 0 Å². The lowest BCUT2D eigenvalue weighted by Crippen LogP contribution is -1.95. The molecule has 1 aromatic heterocycles. The molecule has 84 valence electrons. The van der Waals surface area contributed by atoms with Gasteiger partial charge in [0.2, 0.25) is 0 Å². The van der Waals surface area contributed by atoms with Crippen LogP contribution in [-0.2, 0) is 0 Å². The first-order valence-electron chi connectivity index (χ1n) is 4.64. The van der Waals surface area contributed by atoms with Crippen molar-refractivity contribution in [2.45, 2.75) is 0 Å². The zero-order valence-electron chi connectivity index (χ0n) is 8.48. The molecular weight excluding hydrogens is 304 g/mol. The van der Waals surface area contributed by atoms with E-state index in [1.165, 1.54) is 0 Å². The summed E-state index contributed by atoms with van der Waals surface area (Å²) in [6, 6.07) is 10.7. The third-order valence-electron chi connectivity index (χ3n) is 1.95. The fourth-order valence-corrected chi connectivity index (χ4v) is 1.90. The highest BCUT2D eigenvalue weighted by Crippen LogP contribution is 2.19. The summed E-state index contributed by atoms with van der Waals surface area (Å²) in [5, 5.41) is 12.1. The molecule has 0 saturated carbocycles. The highest BCUT2D eigenvalue weighted by Gasteiger charge is 2.01. The Morgan fingerprint density at radius 2 is 1.94 bits per heavy atom. The third-order valence-corrected chi connectivity index (χ3v) is 2.50. The summed E-state index contributed by atoms with van der Waals surface area (Å²) in [5.74, 6) is 0.585. The number of rotatable bonds is 2. The molecule has 4 nitrogen and oxygen atoms in total. The van der Waals surface area contributed by atoms with Gasteiger partial charge in [0.05, 0.1) is 11.6 Å². The lowest BCUT2D eigenvalue weighted by molar-refractivity contribution is 1.11. The van der Waals surface area contributed by atoms with E-state index in [0.717, 1.165) is 5.69 Å². The Balaban J connectivity index is 2.22. The van der Waals surface area contributed by atoms with E-state index in [4.69, 9.17) is 16.9 Å². The van der Waals surface area contributed by atoms with Crippen LogP contribution in [0.4, 0.5) is 11.5 Å². The summed E-state index contributed by atoms with van der Waals surface area (Å²) in [4.78, 5) is 8.01. The Labute approximate surface area is 111 Å². The number of anilines is 2. The Morgan fingerprint density at radius 1 is 1.24 bits per heavy atom. The number of benzene rings is 1. The number of nitrogens with zero attached hydrogens (tertiary/aromatic N) is 3. The molecule has 0 aliphatic heterocycles. The summed E-state index contributed by atoms with van der Waals surface area (Å²) >= 11 is 8.96. The van der Waals surface area contributed by atoms with Crippen LogP contribution >= 0.6 is 27.5 Å². The molecule has 1 N–H and O–H groups in total. The number of hydrogen-bond donors (Lipinski definition) is 1. The number of nitriles is 1. The van der Waals surface area contributed by atoms with E-state index in [0.29, 0.717) is 21.3 Å². The predicted octanol–water partition coefficient (Wildman–Crippen LogP) is 3.51. The third kappa shape index (κ3) is 3.16. The maximum Gasteiger partial charge on any atom is 0.199 e. The van der Waals surface area contributed by atoms with Crippen LogP contribution in [0.5, 0.6) is 0 Å². The molecule has 0 atom stereocenters. The van der Waals surface area contributed by atoms with Gasteiger partial charge in [0, 0.05) is 11.8 Å². The van der Waals surface area contributed by atoms with E-state index in [1.54, 1.807) is 30.3 Å². The molecule has 0 unspecified atom stereocenters. The van der Waals surface area contributed by atoms with Crippen molar-refractivity contribution < 1.29 is 0 Å². The van der Waals surface area contributed by atoms with Crippen LogP contribution in [0.2, 0.25) is 5.15 Å². The van der Waals surface area contributed by atoms with Crippen molar-refractivity contribution in [1.82, 2.24) is 9.97 Å². The molecule has 1 aromatic carbocycles. The minimum Gasteiger partial charge on any atom is -0.340 e. The zero-order valence-corrected chi connectivity index (χ0v) is 10.8. The lowest BCUT2D eigenvalue weighted by atomic mass is 10.2. The van der Waals surface area contributed by atoms with Crippen molar-refractivity contribution in [2.75, 3.05) is 5.32 Å². The molecule has 0 spiro atoms. The fourth-order valence-electron chi connectivity index (χ4n) is 1.23. The second-order valence-corrected chi connectivity index (χ2v) is 4.26. The molecule has 1 heterocycles. The summed E-state index contributed by atoms with van der Waals surface area (Å²) in [6.45, 7) is 0. The van der Waals surface area contributed by atoms with Crippen LogP contribution in [0.15, 0.2) is 35.1 Å². The molecule has 0 bridgehead atoms. The van der Waals surface area contributed by atoms with Crippen molar-refractivity contribution in [3.63, 3.8) is 0 Å². The van der Waals surface area contributed by atoms with E-state index in [-0.39, 0.29) is 0 Å². The van der Waals surface area contributed by atoms with Crippen molar-refractivity contribution in [2.24, 2.45) is 0 Å². The Bertz CT molecular complexity index is 557. The van der Waals surface area contributed by atoms with Gasteiger partial charge in [0.15, 0.2) is 4.73 Å². The standard InChI is InChI=1S/C11H6BrClN4/c12-11-16-9(13)5-10(17-11)15-8-3-1-7(6-14)2-4-8/h1-5H,(H,15,16,17). The topological polar surface area (TPSA) is 61.6 Å². The van der Waals surface area contributed by atoms with E-state index < -0.39 is 0 Å². The van der Waals surface area contributed by atoms with E-state index in [2.05, 4.69) is 37.3 Å². The molecule has 17 heavy (non-hydrogen) atoms. The molecular formula is C11H6BrClN4. The number of aromatic nitrogens is 2. The fraction of sp³-hybridized carbons (Fsp3) is 0. The number of hydrogen-bond acceptors (Lipinski definition) is 4. The summed E-state index contributed by atoms with van der Waals surface area (Å²) in [5.41, 5.74) is 1.43. The van der Waals surface area contributed by atoms with Gasteiger partial charge in [-0.25, -0.2) is 9.97 Å². The quantitative estimate of drug-likeness (QED) is 0.681. The summed E-state index contributed by atoms with van der Waals surface area (Å²) < 4.78 is 0.418. The average Bonchev–Trinajstić information content (AvgIpc) is 2.28. The molecule has 2 aromatic rings. The Morgan fingerprint density at radius 3 is 2.53 bits per heavy atom. The normalized spacial score (nSPS) is 9.71. The van der Waals surface area contributed by atoms with Gasteiger partial charge in [-0.3, -0.25) is 0 Å². The van der Waals surface area contributed by atoms with Crippen molar-refractivity contribution >= 4 is 39.0 Å². The molecule has 0 aliphatic rings. The predicted molar refractivity (Wildman–Crippen MR) is 69.2 cm³/mol. The van der Waals surface area contributed by atoms with Gasteiger partial charge in [0.25, 0.3) is 0 Å². The highest BCUT2D eigenvalue weighted by molar-refractivity contribution is 9.10. The summed E-state index contributed by atoms with van der Waals surface area (Å²) in [6.07, 6.45) is 0. The molecule has 0 amide bonds. The van der Waals surface area contributed by atoms with Crippen LogP contribution in [0.1, 0.15) is 5.56 Å². The van der Waals surface area contributed by atoms with Crippen molar-refractivity contribution in [3.05, 3.63) is 45.8 Å². The highest BCUT2D eigenvalue weighted by atomic mass is 79.9. The number of halogens is 2. The minimum atomic E-state index is 0.350. The van der Waals surface area contributed by atoms with Crippen LogP contribution in [-0.4, -0.2) is 9.97 Å². The van der Waals surface area contributed by atoms with Gasteiger partial charge in [-0.2, -0.15) is 5.26 Å². The minimum absolute atomic E-state index is 0.350. The molecule has 0 aliphatic carbocycles. The Hall–Kier alpha value is -1.64. The molecule has 6 heteroatoms. The van der Waals surface area contributed by atoms with E-state index in [1.807, 2.05) is 0 Å². The number of nitrogens with one attached hydrogen (secondary N) is 1. The largest absolute Gasteiger partial charge is 0.340 e. The molecule has 2 rings (SSSR count). The molecule has 0 radical (unpaired) electrons. The van der Waals surface area contributed by atoms with Gasteiger partial charge in [-0.1, -0.05) is 11.6 Å². The van der Waals surface area contributed by atoms with Gasteiger partial charge in [-0.15, -0.1) is 0 Å². The van der Waals surface area contributed by atoms with Gasteiger partial charge >= 0.3 is 0 Å². The van der Waals surface area contributed by atoms with Gasteiger partial charge in [0.1, 0.15) is 11.0 Å². The van der Waals surface area contributed by atoms with Crippen LogP contribution in [0.3, 0.4) is 0 Å². The van der Waals surface area contributed by atoms with Gasteiger partial charge < -0.3 is 5.32 Å². The zero-order chi connectivity index (χ0) is 12.3. The average molecular weight is 310 g/mol. The lowest BCUT2D eigenvalue weighted by Gasteiger charge is -2.05. The smallest absolute Gasteiger partial charge is 0.199 e. The Kier molecular flexibility index (Phi) is 3.57. The van der Waals surface area contributed by atoms with Crippen molar-refractivity contribution in [3.8, 4) is 6.07 Å². The first kappa shape index (κ1) is 11.8. The molecule has 0 fully saturated rings. The molecule has 0 saturated heterocycles. The maximum atomic E-state index is 8.68. The second kappa shape index (κ2) is 5.13. The van der Waals surface area contributed by atoms with Gasteiger partial charge in [-0.05, 0) is 40.2 Å². The van der Waals surface area contributed by atoms with Crippen molar-refractivity contribution in [1.29, 1.82) is 5.26 Å². The van der Waals surface area contributed by atoms with Crippen LogP contribution in [0, 0.1) is 11.3 Å². The SMILES string of the molecule is N#Cc1ccc(Nc2cc(Cl)nc(Br)n2)cc1. The first-order valence-corrected chi connectivity index (χ1v) is 5.82. The maximum absolute atomic E-state index is 8.68. The monoisotopic (exact) mass is 308 g/mol. The first-order chi connectivity index (χ1) is 8.17. The van der Waals surface area contributed by atoms with E-state index >= 15 is 0 Å².